The van der Waals surface area contributed by atoms with Crippen molar-refractivity contribution in [1.82, 2.24) is 5.48 Å². The fourth-order valence-electron chi connectivity index (χ4n) is 7.15. The Morgan fingerprint density at radius 1 is 1.15 bits per heavy atom. The van der Waals surface area contributed by atoms with Crippen LogP contribution in [0.3, 0.4) is 0 Å². The van der Waals surface area contributed by atoms with E-state index in [1.165, 1.54) is 0 Å². The van der Waals surface area contributed by atoms with E-state index in [1.54, 1.807) is 0 Å². The lowest BCUT2D eigenvalue weighted by Gasteiger charge is -2.59. The van der Waals surface area contributed by atoms with Gasteiger partial charge in [0.1, 0.15) is 11.6 Å². The predicted octanol–water partition coefficient (Wildman–Crippen LogP) is 2.63. The Morgan fingerprint density at radius 2 is 1.96 bits per heavy atom. The molecule has 0 radical (unpaired) electrons. The predicted molar refractivity (Wildman–Crippen MR) is 99.1 cm³/mol. The molecule has 4 aliphatic rings. The van der Waals surface area contributed by atoms with Gasteiger partial charge in [-0.15, -0.1) is 0 Å². The van der Waals surface area contributed by atoms with Crippen molar-refractivity contribution in [2.24, 2.45) is 40.2 Å². The number of fused-ring (bicyclic) bond motifs is 5. The van der Waals surface area contributed by atoms with Crippen molar-refractivity contribution in [2.45, 2.75) is 71.3 Å². The molecule has 0 aliphatic heterocycles. The highest BCUT2D eigenvalue weighted by atomic mass is 16.6. The number of hydrogen-bond acceptors (Lipinski definition) is 5. The highest BCUT2D eigenvalue weighted by molar-refractivity contribution is 5.88. The normalized spacial score (nSPS) is 48.0. The number of hydrogen-bond donors (Lipinski definition) is 2. The Morgan fingerprint density at radius 3 is 2.73 bits per heavy atom. The summed E-state index contributed by atoms with van der Waals surface area (Å²) in [6, 6.07) is 0.252. The first-order valence-electron chi connectivity index (χ1n) is 10.5. The van der Waals surface area contributed by atoms with Crippen LogP contribution in [0, 0.1) is 34.5 Å². The van der Waals surface area contributed by atoms with E-state index in [0.29, 0.717) is 48.9 Å². The number of Topliss-reactive ketones (excluding diaryl/α,β-unsaturated/α-hetero) is 2. The van der Waals surface area contributed by atoms with Crippen molar-refractivity contribution < 1.29 is 14.4 Å². The molecule has 0 amide bonds. The average Bonchev–Trinajstić information content (AvgIpc) is 2.92. The van der Waals surface area contributed by atoms with Crippen LogP contribution in [0.25, 0.3) is 0 Å². The molecule has 5 heteroatoms. The van der Waals surface area contributed by atoms with Crippen molar-refractivity contribution in [3.05, 3.63) is 0 Å². The van der Waals surface area contributed by atoms with Crippen molar-refractivity contribution >= 4 is 11.6 Å². The molecule has 0 heterocycles. The summed E-state index contributed by atoms with van der Waals surface area (Å²) in [5.74, 6) is 2.47. The number of nitrogens with one attached hydrogen (secondary N) is 1. The van der Waals surface area contributed by atoms with Gasteiger partial charge in [0.25, 0.3) is 0 Å². The summed E-state index contributed by atoms with van der Waals surface area (Å²) < 4.78 is 0. The zero-order chi connectivity index (χ0) is 18.5. The first-order valence-corrected chi connectivity index (χ1v) is 10.5. The number of nitrogens with two attached hydrogens (primary N) is 1. The Labute approximate surface area is 156 Å². The van der Waals surface area contributed by atoms with E-state index < -0.39 is 0 Å². The third-order valence-electron chi connectivity index (χ3n) is 8.64. The summed E-state index contributed by atoms with van der Waals surface area (Å²) in [7, 11) is 0. The monoisotopic (exact) mass is 362 g/mol. The Bertz CT molecular complexity index is 594. The summed E-state index contributed by atoms with van der Waals surface area (Å²) in [5, 5.41) is 0. The highest BCUT2D eigenvalue weighted by Crippen LogP contribution is 2.64. The molecule has 146 valence electrons. The Kier molecular flexibility index (Phi) is 4.77. The molecule has 4 saturated carbocycles. The summed E-state index contributed by atoms with van der Waals surface area (Å²) in [6.45, 7) is 5.55. The largest absolute Gasteiger partial charge is 0.328 e. The van der Waals surface area contributed by atoms with Gasteiger partial charge in [0, 0.05) is 36.8 Å². The van der Waals surface area contributed by atoms with Crippen LogP contribution >= 0.6 is 0 Å². The van der Waals surface area contributed by atoms with E-state index >= 15 is 0 Å². The lowest BCUT2D eigenvalue weighted by atomic mass is 9.45. The molecule has 26 heavy (non-hydrogen) atoms. The van der Waals surface area contributed by atoms with Gasteiger partial charge in [-0.1, -0.05) is 13.8 Å². The molecule has 4 aliphatic carbocycles. The molecule has 0 spiro atoms. The molecule has 0 aromatic heterocycles. The summed E-state index contributed by atoms with van der Waals surface area (Å²) in [6.07, 6.45) is 7.56. The summed E-state index contributed by atoms with van der Waals surface area (Å²) in [4.78, 5) is 31.1. The first-order chi connectivity index (χ1) is 12.4. The molecule has 0 bridgehead atoms. The Balaban J connectivity index is 1.52. The van der Waals surface area contributed by atoms with Crippen LogP contribution in [-0.4, -0.2) is 30.8 Å². The van der Waals surface area contributed by atoms with Crippen molar-refractivity contribution in [3.8, 4) is 0 Å². The van der Waals surface area contributed by atoms with Gasteiger partial charge in [-0.05, 0) is 61.7 Å². The van der Waals surface area contributed by atoms with Crippen molar-refractivity contribution in [3.63, 3.8) is 0 Å². The second-order valence-electron chi connectivity index (χ2n) is 9.75. The maximum Gasteiger partial charge on any atom is 0.139 e. The molecule has 4 rings (SSSR count). The molecular formula is C21H34N2O3. The third kappa shape index (κ3) is 2.70. The molecule has 4 fully saturated rings. The lowest BCUT2D eigenvalue weighted by molar-refractivity contribution is -0.158. The second kappa shape index (κ2) is 6.68. The number of ketones is 2. The van der Waals surface area contributed by atoms with E-state index in [1.807, 2.05) is 0 Å². The van der Waals surface area contributed by atoms with Gasteiger partial charge in [0.05, 0.1) is 6.61 Å². The van der Waals surface area contributed by atoms with E-state index in [9.17, 15) is 9.59 Å². The molecular weight excluding hydrogens is 328 g/mol. The van der Waals surface area contributed by atoms with Crippen LogP contribution in [0.1, 0.15) is 65.2 Å². The van der Waals surface area contributed by atoms with E-state index in [2.05, 4.69) is 19.3 Å². The van der Waals surface area contributed by atoms with Crippen molar-refractivity contribution in [2.75, 3.05) is 13.2 Å². The number of carbonyl (C=O) groups excluding carboxylic acids is 2. The number of hydroxylamine groups is 1. The fraction of sp³-hybridized carbons (Fsp3) is 0.905. The van der Waals surface area contributed by atoms with Crippen LogP contribution in [0.15, 0.2) is 0 Å². The van der Waals surface area contributed by atoms with Crippen LogP contribution < -0.4 is 11.2 Å². The zero-order valence-electron chi connectivity index (χ0n) is 16.3. The average molecular weight is 363 g/mol. The third-order valence-corrected chi connectivity index (χ3v) is 8.64. The van der Waals surface area contributed by atoms with Crippen LogP contribution in [0.4, 0.5) is 0 Å². The lowest BCUT2D eigenvalue weighted by Crippen LogP contribution is -2.58. The van der Waals surface area contributed by atoms with E-state index in [-0.39, 0.29) is 22.8 Å². The fourth-order valence-corrected chi connectivity index (χ4v) is 7.15. The molecule has 0 saturated heterocycles. The highest BCUT2D eigenvalue weighted by Gasteiger charge is 2.62. The van der Waals surface area contributed by atoms with Gasteiger partial charge in [0.2, 0.25) is 0 Å². The number of rotatable bonds is 4. The number of carbonyl (C=O) groups is 2. The molecule has 0 aromatic rings. The summed E-state index contributed by atoms with van der Waals surface area (Å²) >= 11 is 0. The first kappa shape index (κ1) is 18.6. The van der Waals surface area contributed by atoms with Gasteiger partial charge in [0.15, 0.2) is 0 Å². The van der Waals surface area contributed by atoms with Gasteiger partial charge < -0.3 is 10.6 Å². The molecule has 1 unspecified atom stereocenters. The maximum atomic E-state index is 13.2. The summed E-state index contributed by atoms with van der Waals surface area (Å²) in [5.41, 5.74) is 8.57. The molecule has 3 N–H and O–H groups in total. The quantitative estimate of drug-likeness (QED) is 0.593. The molecule has 5 nitrogen and oxygen atoms in total. The maximum absolute atomic E-state index is 13.2. The minimum absolute atomic E-state index is 0.0962. The minimum atomic E-state index is -0.153. The molecule has 7 atom stereocenters. The van der Waals surface area contributed by atoms with Crippen molar-refractivity contribution in [1.29, 1.82) is 0 Å². The SMILES string of the molecule is C[C@]12CCC(NOCCN)C[C@@H]1C(=O)C[C@@H]1[C@@H]2CC[C@]2(C)C(=O)CC[C@@H]12. The minimum Gasteiger partial charge on any atom is -0.328 e. The van der Waals surface area contributed by atoms with E-state index in [0.717, 1.165) is 44.9 Å². The zero-order valence-corrected chi connectivity index (χ0v) is 16.3. The second-order valence-corrected chi connectivity index (χ2v) is 9.75. The standard InChI is InChI=1S/C21H34N2O3/c1-20-7-5-13(23-26-10-9-22)11-17(20)18(24)12-14-15-3-4-19(25)21(15,2)8-6-16(14)20/h13-17,23H,3-12,22H2,1-2H3/t13?,14-,15-,16-,17+,20+,21-/m0/s1. The van der Waals surface area contributed by atoms with Gasteiger partial charge in [-0.3, -0.25) is 9.59 Å². The van der Waals surface area contributed by atoms with Crippen LogP contribution in [0.5, 0.6) is 0 Å². The van der Waals surface area contributed by atoms with Crippen LogP contribution in [0.2, 0.25) is 0 Å². The molecule has 0 aromatic carbocycles. The van der Waals surface area contributed by atoms with Gasteiger partial charge in [-0.25, -0.2) is 0 Å². The smallest absolute Gasteiger partial charge is 0.139 e. The van der Waals surface area contributed by atoms with E-state index in [4.69, 9.17) is 10.6 Å². The van der Waals surface area contributed by atoms with Gasteiger partial charge in [-0.2, -0.15) is 5.48 Å². The Hall–Kier alpha value is -0.780. The topological polar surface area (TPSA) is 81.4 Å². The van der Waals surface area contributed by atoms with Crippen LogP contribution in [-0.2, 0) is 14.4 Å². The van der Waals surface area contributed by atoms with Gasteiger partial charge >= 0.3 is 0 Å².